The molecule has 0 radical (unpaired) electrons. The molecule has 0 aromatic carbocycles. The average molecular weight is 238 g/mol. The summed E-state index contributed by atoms with van der Waals surface area (Å²) in [7, 11) is 0. The van der Waals surface area contributed by atoms with Gasteiger partial charge in [0.15, 0.2) is 0 Å². The lowest BCUT2D eigenvalue weighted by molar-refractivity contribution is -0.141. The number of imide groups is 1. The summed E-state index contributed by atoms with van der Waals surface area (Å²) in [6.45, 7) is 2.02. The number of carbonyl (C=O) groups excluding carboxylic acids is 2. The second kappa shape index (κ2) is 4.40. The molecular formula is C9H13F3N2O2. The van der Waals surface area contributed by atoms with Crippen molar-refractivity contribution >= 4 is 11.8 Å². The van der Waals surface area contributed by atoms with Crippen LogP contribution in [0.2, 0.25) is 0 Å². The number of hydrogen-bond acceptors (Lipinski definition) is 3. The number of carbonyl (C=O) groups is 2. The number of alkyl halides is 3. The van der Waals surface area contributed by atoms with Crippen LogP contribution in [0.5, 0.6) is 0 Å². The molecule has 1 saturated heterocycles. The highest BCUT2D eigenvalue weighted by Crippen LogP contribution is 2.18. The van der Waals surface area contributed by atoms with Crippen LogP contribution in [0.1, 0.15) is 20.3 Å². The molecule has 0 saturated carbocycles. The summed E-state index contributed by atoms with van der Waals surface area (Å²) in [5, 5.41) is 2.05. The van der Waals surface area contributed by atoms with Crippen molar-refractivity contribution in [2.24, 2.45) is 0 Å². The zero-order valence-corrected chi connectivity index (χ0v) is 8.97. The number of hydrogen-bond donors (Lipinski definition) is 1. The van der Waals surface area contributed by atoms with Crippen molar-refractivity contribution in [3.63, 3.8) is 0 Å². The van der Waals surface area contributed by atoms with Crippen molar-refractivity contribution in [2.45, 2.75) is 38.5 Å². The van der Waals surface area contributed by atoms with Crippen molar-refractivity contribution in [3.8, 4) is 0 Å². The number of nitrogens with zero attached hydrogens (tertiary/aromatic N) is 1. The standard InChI is InChI=1S/C9H13F3N2O2/c1-5(2)14-7(15)3-6(8(14)16)13-4-9(10,11)12/h5-6,13H,3-4H2,1-2H3. The van der Waals surface area contributed by atoms with Crippen LogP contribution in [0, 0.1) is 0 Å². The molecular weight excluding hydrogens is 225 g/mol. The van der Waals surface area contributed by atoms with E-state index in [1.54, 1.807) is 13.8 Å². The van der Waals surface area contributed by atoms with Gasteiger partial charge in [-0.3, -0.25) is 19.8 Å². The second-order valence-electron chi connectivity index (χ2n) is 3.95. The van der Waals surface area contributed by atoms with Crippen molar-refractivity contribution in [2.75, 3.05) is 6.54 Å². The first-order valence-corrected chi connectivity index (χ1v) is 4.88. The molecule has 0 aromatic heterocycles. The largest absolute Gasteiger partial charge is 0.401 e. The zero-order chi connectivity index (χ0) is 12.5. The minimum absolute atomic E-state index is 0.201. The molecule has 0 aliphatic carbocycles. The molecule has 1 aliphatic rings. The zero-order valence-electron chi connectivity index (χ0n) is 8.97. The van der Waals surface area contributed by atoms with Crippen molar-refractivity contribution in [1.82, 2.24) is 10.2 Å². The van der Waals surface area contributed by atoms with E-state index < -0.39 is 30.6 Å². The third kappa shape index (κ3) is 2.94. The molecule has 92 valence electrons. The van der Waals surface area contributed by atoms with Crippen LogP contribution in [0.25, 0.3) is 0 Å². The number of amides is 2. The average Bonchev–Trinajstić information content (AvgIpc) is 2.36. The van der Waals surface area contributed by atoms with E-state index in [1.807, 2.05) is 5.32 Å². The van der Waals surface area contributed by atoms with E-state index in [2.05, 4.69) is 0 Å². The van der Waals surface area contributed by atoms with Crippen LogP contribution in [-0.2, 0) is 9.59 Å². The smallest absolute Gasteiger partial charge is 0.297 e. The highest BCUT2D eigenvalue weighted by Gasteiger charge is 2.41. The van der Waals surface area contributed by atoms with E-state index in [0.29, 0.717) is 0 Å². The molecule has 1 unspecified atom stereocenters. The van der Waals surface area contributed by atoms with E-state index in [4.69, 9.17) is 0 Å². The maximum atomic E-state index is 11.9. The Morgan fingerprint density at radius 1 is 1.44 bits per heavy atom. The third-order valence-electron chi connectivity index (χ3n) is 2.25. The maximum Gasteiger partial charge on any atom is 0.401 e. The molecule has 4 nitrogen and oxygen atoms in total. The summed E-state index contributed by atoms with van der Waals surface area (Å²) in [6, 6.07) is -1.37. The van der Waals surface area contributed by atoms with Gasteiger partial charge < -0.3 is 0 Å². The van der Waals surface area contributed by atoms with Gasteiger partial charge in [-0.2, -0.15) is 13.2 Å². The first-order chi connectivity index (χ1) is 7.22. The molecule has 0 bridgehead atoms. The van der Waals surface area contributed by atoms with Gasteiger partial charge in [0.1, 0.15) is 0 Å². The minimum atomic E-state index is -4.38. The van der Waals surface area contributed by atoms with Crippen molar-refractivity contribution in [3.05, 3.63) is 0 Å². The van der Waals surface area contributed by atoms with Gasteiger partial charge in [-0.15, -0.1) is 0 Å². The Morgan fingerprint density at radius 2 is 2.00 bits per heavy atom. The third-order valence-corrected chi connectivity index (χ3v) is 2.25. The van der Waals surface area contributed by atoms with Crippen LogP contribution in [0.3, 0.4) is 0 Å². The van der Waals surface area contributed by atoms with Crippen molar-refractivity contribution < 1.29 is 22.8 Å². The van der Waals surface area contributed by atoms with E-state index >= 15 is 0 Å². The van der Waals surface area contributed by atoms with Gasteiger partial charge in [0.05, 0.1) is 19.0 Å². The first kappa shape index (κ1) is 13.0. The molecule has 1 fully saturated rings. The Morgan fingerprint density at radius 3 is 2.38 bits per heavy atom. The van der Waals surface area contributed by atoms with E-state index in [1.165, 1.54) is 0 Å². The van der Waals surface area contributed by atoms with Gasteiger partial charge in [-0.1, -0.05) is 0 Å². The van der Waals surface area contributed by atoms with E-state index in [0.717, 1.165) is 4.90 Å². The van der Waals surface area contributed by atoms with Crippen LogP contribution < -0.4 is 5.32 Å². The lowest BCUT2D eigenvalue weighted by Gasteiger charge is -2.19. The number of nitrogens with one attached hydrogen (secondary N) is 1. The molecule has 1 heterocycles. The minimum Gasteiger partial charge on any atom is -0.297 e. The van der Waals surface area contributed by atoms with Crippen LogP contribution in [0.4, 0.5) is 13.2 Å². The summed E-state index contributed by atoms with van der Waals surface area (Å²) < 4.78 is 35.8. The quantitative estimate of drug-likeness (QED) is 0.735. The number of rotatable bonds is 3. The number of likely N-dealkylation sites (tertiary alicyclic amines) is 1. The van der Waals surface area contributed by atoms with Gasteiger partial charge in [0, 0.05) is 6.04 Å². The van der Waals surface area contributed by atoms with Crippen molar-refractivity contribution in [1.29, 1.82) is 0 Å². The van der Waals surface area contributed by atoms with Gasteiger partial charge in [-0.25, -0.2) is 0 Å². The highest BCUT2D eigenvalue weighted by atomic mass is 19.4. The Balaban J connectivity index is 2.59. The Labute approximate surface area is 90.8 Å². The molecule has 0 aromatic rings. The Kier molecular flexibility index (Phi) is 3.57. The monoisotopic (exact) mass is 238 g/mol. The summed E-state index contributed by atoms with van der Waals surface area (Å²) >= 11 is 0. The normalized spacial score (nSPS) is 22.4. The molecule has 1 rings (SSSR count). The predicted octanol–water partition coefficient (Wildman–Crippen LogP) is 0.674. The fourth-order valence-electron chi connectivity index (χ4n) is 1.59. The molecule has 1 atom stereocenters. The Bertz CT molecular complexity index is 302. The van der Waals surface area contributed by atoms with E-state index in [-0.39, 0.29) is 12.5 Å². The van der Waals surface area contributed by atoms with Gasteiger partial charge in [-0.05, 0) is 13.8 Å². The fraction of sp³-hybridized carbons (Fsp3) is 0.778. The van der Waals surface area contributed by atoms with Gasteiger partial charge in [0.2, 0.25) is 11.8 Å². The Hall–Kier alpha value is -1.11. The summed E-state index contributed by atoms with van der Waals surface area (Å²) in [5.74, 6) is -1.01. The fourth-order valence-corrected chi connectivity index (χ4v) is 1.59. The van der Waals surface area contributed by atoms with Crippen LogP contribution in [0.15, 0.2) is 0 Å². The lowest BCUT2D eigenvalue weighted by Crippen LogP contribution is -2.44. The highest BCUT2D eigenvalue weighted by molar-refractivity contribution is 6.05. The predicted molar refractivity (Wildman–Crippen MR) is 49.5 cm³/mol. The molecule has 0 spiro atoms. The van der Waals surface area contributed by atoms with Gasteiger partial charge >= 0.3 is 6.18 Å². The molecule has 7 heteroatoms. The summed E-state index contributed by atoms with van der Waals surface area (Å²) in [5.41, 5.74) is 0. The number of halogens is 3. The summed E-state index contributed by atoms with van der Waals surface area (Å²) in [4.78, 5) is 23.9. The van der Waals surface area contributed by atoms with Gasteiger partial charge in [0.25, 0.3) is 0 Å². The maximum absolute atomic E-state index is 11.9. The summed E-state index contributed by atoms with van der Waals surface area (Å²) in [6.07, 6.45) is -4.58. The van der Waals surface area contributed by atoms with E-state index in [9.17, 15) is 22.8 Å². The van der Waals surface area contributed by atoms with Crippen LogP contribution in [-0.4, -0.2) is 41.5 Å². The molecule has 1 aliphatic heterocycles. The second-order valence-corrected chi connectivity index (χ2v) is 3.95. The lowest BCUT2D eigenvalue weighted by atomic mass is 10.2. The molecule has 1 N–H and O–H groups in total. The SMILES string of the molecule is CC(C)N1C(=O)CC(NCC(F)(F)F)C1=O. The molecule has 2 amide bonds. The van der Waals surface area contributed by atoms with Crippen LogP contribution >= 0.6 is 0 Å². The molecule has 16 heavy (non-hydrogen) atoms. The topological polar surface area (TPSA) is 49.4 Å². The first-order valence-electron chi connectivity index (χ1n) is 4.88.